The number of hydrogen-bond acceptors (Lipinski definition) is 4. The van der Waals surface area contributed by atoms with Gasteiger partial charge in [0.15, 0.2) is 0 Å². The van der Waals surface area contributed by atoms with Crippen molar-refractivity contribution in [1.29, 1.82) is 0 Å². The van der Waals surface area contributed by atoms with Gasteiger partial charge in [-0.3, -0.25) is 9.59 Å². The Kier molecular flexibility index (Phi) is 5.42. The number of carbonyl (C=O) groups is 2. The minimum Gasteiger partial charge on any atom is -0.468 e. The zero-order valence-electron chi connectivity index (χ0n) is 11.6. The molecule has 1 aromatic heterocycles. The third-order valence-corrected chi connectivity index (χ3v) is 3.95. The van der Waals surface area contributed by atoms with Gasteiger partial charge in [0, 0.05) is 11.6 Å². The first kappa shape index (κ1) is 16.0. The van der Waals surface area contributed by atoms with E-state index in [9.17, 15) is 9.59 Å². The predicted molar refractivity (Wildman–Crippen MR) is 79.6 cm³/mol. The fraction of sp³-hybridized carbons (Fsp3) is 0.500. The van der Waals surface area contributed by atoms with E-state index in [-0.39, 0.29) is 28.8 Å². The third kappa shape index (κ3) is 4.08. The van der Waals surface area contributed by atoms with E-state index in [0.717, 1.165) is 25.7 Å². The maximum absolute atomic E-state index is 12.7. The third-order valence-electron chi connectivity index (χ3n) is 3.56. The van der Waals surface area contributed by atoms with Crippen LogP contribution in [0.5, 0.6) is 0 Å². The number of ether oxygens (including phenoxy) is 1. The van der Waals surface area contributed by atoms with Crippen LogP contribution in [0.25, 0.3) is 0 Å². The molecule has 1 aromatic rings. The number of hydrogen-bond donors (Lipinski definition) is 0. The number of carbonyl (C=O) groups excluding carboxylic acids is 2. The monoisotopic (exact) mass is 330 g/mol. The lowest BCUT2D eigenvalue weighted by atomic mass is 10.1. The van der Waals surface area contributed by atoms with Gasteiger partial charge in [-0.25, -0.2) is 4.98 Å². The predicted octanol–water partition coefficient (Wildman–Crippen LogP) is 2.95. The summed E-state index contributed by atoms with van der Waals surface area (Å²) in [4.78, 5) is 29.6. The SMILES string of the molecule is COC(=O)CN(C(=O)c1cc(Cl)nc(Cl)c1)C1CCCC1. The molecule has 1 fully saturated rings. The van der Waals surface area contributed by atoms with Crippen LogP contribution in [0.1, 0.15) is 36.0 Å². The van der Waals surface area contributed by atoms with Crippen LogP contribution in [-0.2, 0) is 9.53 Å². The van der Waals surface area contributed by atoms with Crippen molar-refractivity contribution in [1.82, 2.24) is 9.88 Å². The van der Waals surface area contributed by atoms with Crippen LogP contribution < -0.4 is 0 Å². The second-order valence-electron chi connectivity index (χ2n) is 4.95. The van der Waals surface area contributed by atoms with Crippen molar-refractivity contribution in [3.8, 4) is 0 Å². The fourth-order valence-corrected chi connectivity index (χ4v) is 3.00. The van der Waals surface area contributed by atoms with Gasteiger partial charge in [0.1, 0.15) is 16.9 Å². The quantitative estimate of drug-likeness (QED) is 0.629. The van der Waals surface area contributed by atoms with Gasteiger partial charge >= 0.3 is 5.97 Å². The molecule has 0 bridgehead atoms. The Morgan fingerprint density at radius 3 is 2.38 bits per heavy atom. The van der Waals surface area contributed by atoms with Gasteiger partial charge in [0.2, 0.25) is 0 Å². The Morgan fingerprint density at radius 1 is 1.29 bits per heavy atom. The Morgan fingerprint density at radius 2 is 1.86 bits per heavy atom. The molecule has 0 saturated heterocycles. The molecule has 2 rings (SSSR count). The van der Waals surface area contributed by atoms with Gasteiger partial charge in [-0.15, -0.1) is 0 Å². The molecule has 7 heteroatoms. The Balaban J connectivity index is 2.25. The number of pyridine rings is 1. The summed E-state index contributed by atoms with van der Waals surface area (Å²) in [7, 11) is 1.31. The summed E-state index contributed by atoms with van der Waals surface area (Å²) in [6.45, 7) is -0.0719. The second kappa shape index (κ2) is 7.09. The molecule has 1 aliphatic rings. The summed E-state index contributed by atoms with van der Waals surface area (Å²) in [6.07, 6.45) is 3.87. The largest absolute Gasteiger partial charge is 0.468 e. The smallest absolute Gasteiger partial charge is 0.325 e. The van der Waals surface area contributed by atoms with Crippen LogP contribution in [0.3, 0.4) is 0 Å². The number of nitrogens with zero attached hydrogens (tertiary/aromatic N) is 2. The lowest BCUT2D eigenvalue weighted by Crippen LogP contribution is -2.42. The van der Waals surface area contributed by atoms with E-state index >= 15 is 0 Å². The maximum atomic E-state index is 12.7. The first-order chi connectivity index (χ1) is 10.0. The first-order valence-corrected chi connectivity index (χ1v) is 7.47. The highest BCUT2D eigenvalue weighted by Gasteiger charge is 2.29. The lowest BCUT2D eigenvalue weighted by molar-refractivity contribution is -0.141. The van der Waals surface area contributed by atoms with E-state index in [1.54, 1.807) is 4.90 Å². The average molecular weight is 331 g/mol. The number of methoxy groups -OCH3 is 1. The van der Waals surface area contributed by atoms with Crippen molar-refractivity contribution in [3.05, 3.63) is 28.0 Å². The van der Waals surface area contributed by atoms with Gasteiger partial charge in [0.25, 0.3) is 5.91 Å². The van der Waals surface area contributed by atoms with Gasteiger partial charge in [-0.05, 0) is 25.0 Å². The number of rotatable bonds is 4. The lowest BCUT2D eigenvalue weighted by Gasteiger charge is -2.28. The summed E-state index contributed by atoms with van der Waals surface area (Å²) < 4.78 is 4.68. The van der Waals surface area contributed by atoms with Crippen LogP contribution in [0.4, 0.5) is 0 Å². The molecule has 0 radical (unpaired) electrons. The summed E-state index contributed by atoms with van der Waals surface area (Å²) in [6, 6.07) is 2.95. The molecular weight excluding hydrogens is 315 g/mol. The number of esters is 1. The summed E-state index contributed by atoms with van der Waals surface area (Å²) in [5.41, 5.74) is 0.329. The molecule has 5 nitrogen and oxygen atoms in total. The maximum Gasteiger partial charge on any atom is 0.325 e. The molecule has 21 heavy (non-hydrogen) atoms. The first-order valence-electron chi connectivity index (χ1n) is 6.72. The molecule has 0 aliphatic heterocycles. The molecule has 1 saturated carbocycles. The molecule has 0 aromatic carbocycles. The molecule has 1 heterocycles. The standard InChI is InChI=1S/C14H16Cl2N2O3/c1-21-13(19)8-18(10-4-2-3-5-10)14(20)9-6-11(15)17-12(16)7-9/h6-7,10H,2-5,8H2,1H3. The van der Waals surface area contributed by atoms with Crippen molar-refractivity contribution < 1.29 is 14.3 Å². The highest BCUT2D eigenvalue weighted by Crippen LogP contribution is 2.26. The van der Waals surface area contributed by atoms with E-state index in [2.05, 4.69) is 9.72 Å². The topological polar surface area (TPSA) is 59.5 Å². The van der Waals surface area contributed by atoms with Crippen molar-refractivity contribution in [2.45, 2.75) is 31.7 Å². The summed E-state index contributed by atoms with van der Waals surface area (Å²) in [5.74, 6) is -0.722. The molecule has 1 amide bonds. The second-order valence-corrected chi connectivity index (χ2v) is 5.72. The number of aromatic nitrogens is 1. The normalized spacial score (nSPS) is 15.0. The van der Waals surface area contributed by atoms with Crippen molar-refractivity contribution in [2.75, 3.05) is 13.7 Å². The molecule has 0 unspecified atom stereocenters. The molecule has 1 aliphatic carbocycles. The van der Waals surface area contributed by atoms with E-state index in [1.165, 1.54) is 19.2 Å². The van der Waals surface area contributed by atoms with Gasteiger partial charge in [-0.2, -0.15) is 0 Å². The van der Waals surface area contributed by atoms with Crippen LogP contribution in [0.15, 0.2) is 12.1 Å². The van der Waals surface area contributed by atoms with Gasteiger partial charge in [0.05, 0.1) is 7.11 Å². The molecule has 0 spiro atoms. The van der Waals surface area contributed by atoms with Gasteiger partial charge < -0.3 is 9.64 Å². The van der Waals surface area contributed by atoms with Crippen molar-refractivity contribution in [2.24, 2.45) is 0 Å². The summed E-state index contributed by atoms with van der Waals surface area (Å²) >= 11 is 11.7. The Labute approximate surface area is 133 Å². The van der Waals surface area contributed by atoms with Crippen molar-refractivity contribution >= 4 is 35.1 Å². The Hall–Kier alpha value is -1.33. The van der Waals surface area contributed by atoms with Crippen LogP contribution >= 0.6 is 23.2 Å². The summed E-state index contributed by atoms with van der Waals surface area (Å²) in [5, 5.41) is 0.297. The van der Waals surface area contributed by atoms with E-state index in [0.29, 0.717) is 5.56 Å². The number of halogens is 2. The van der Waals surface area contributed by atoms with E-state index in [4.69, 9.17) is 23.2 Å². The minimum absolute atomic E-state index is 0.0438. The average Bonchev–Trinajstić information content (AvgIpc) is 2.96. The van der Waals surface area contributed by atoms with Crippen molar-refractivity contribution in [3.63, 3.8) is 0 Å². The zero-order chi connectivity index (χ0) is 15.4. The highest BCUT2D eigenvalue weighted by atomic mass is 35.5. The van der Waals surface area contributed by atoms with Crippen LogP contribution in [0, 0.1) is 0 Å². The van der Waals surface area contributed by atoms with E-state index < -0.39 is 5.97 Å². The molecular formula is C14H16Cl2N2O3. The molecule has 0 atom stereocenters. The minimum atomic E-state index is -0.443. The zero-order valence-corrected chi connectivity index (χ0v) is 13.2. The highest BCUT2D eigenvalue weighted by molar-refractivity contribution is 6.33. The van der Waals surface area contributed by atoms with Gasteiger partial charge in [-0.1, -0.05) is 36.0 Å². The molecule has 0 N–H and O–H groups in total. The Bertz CT molecular complexity index is 525. The van der Waals surface area contributed by atoms with Crippen LogP contribution in [-0.4, -0.2) is 41.5 Å². The molecule has 114 valence electrons. The van der Waals surface area contributed by atoms with E-state index in [1.807, 2.05) is 0 Å². The van der Waals surface area contributed by atoms with Crippen LogP contribution in [0.2, 0.25) is 10.3 Å². The number of amides is 1. The fourth-order valence-electron chi connectivity index (χ4n) is 2.54.